The molecule has 2 aliphatic rings. The molecule has 1 unspecified atom stereocenters. The van der Waals surface area contributed by atoms with Crippen molar-refractivity contribution in [1.29, 1.82) is 5.26 Å². The van der Waals surface area contributed by atoms with Crippen molar-refractivity contribution < 1.29 is 9.84 Å². The number of aliphatic hydroxyl groups is 1. The van der Waals surface area contributed by atoms with Crippen LogP contribution in [0.3, 0.4) is 0 Å². The van der Waals surface area contributed by atoms with Gasteiger partial charge in [-0.25, -0.2) is 0 Å². The van der Waals surface area contributed by atoms with Crippen LogP contribution in [0.1, 0.15) is 49.1 Å². The molecule has 172 valence electrons. The Kier molecular flexibility index (Phi) is 6.39. The van der Waals surface area contributed by atoms with Crippen molar-refractivity contribution in [3.63, 3.8) is 0 Å². The van der Waals surface area contributed by atoms with Crippen LogP contribution in [0.4, 0.5) is 0 Å². The van der Waals surface area contributed by atoms with E-state index in [1.54, 1.807) is 0 Å². The number of ether oxygens (including phenoxy) is 1. The van der Waals surface area contributed by atoms with E-state index in [0.29, 0.717) is 25.0 Å². The van der Waals surface area contributed by atoms with E-state index >= 15 is 0 Å². The van der Waals surface area contributed by atoms with Gasteiger partial charge in [-0.1, -0.05) is 55.5 Å². The number of aliphatic hydroxyl groups excluding tert-OH is 1. The Morgan fingerprint density at radius 3 is 2.73 bits per heavy atom. The minimum Gasteiger partial charge on any atom is -0.393 e. The standard InChI is InChI=1S/C28H33N3O2/c1-19-24-15-27(33-17-20-7-3-2-4-8-20)28-23(22-9-5-6-10-25(22)30-28)13-14-31(18-29)16-21(24)11-12-26(19)32/h2-10,19,21,24,26-27,30,32H,11-17H2,1H3/t19-,21+,24?,26+,27+/m1/s1. The molecule has 2 aromatic carbocycles. The maximum Gasteiger partial charge on any atom is 0.179 e. The van der Waals surface area contributed by atoms with Crippen molar-refractivity contribution in [3.05, 3.63) is 71.4 Å². The second-order valence-corrected chi connectivity index (χ2v) is 9.81. The number of nitrogens with one attached hydrogen (secondary N) is 1. The first kappa shape index (κ1) is 22.0. The third-order valence-electron chi connectivity index (χ3n) is 7.90. The lowest BCUT2D eigenvalue weighted by Crippen LogP contribution is -2.42. The number of fused-ring (bicyclic) bond motifs is 4. The average Bonchev–Trinajstić information content (AvgIpc) is 3.22. The van der Waals surface area contributed by atoms with Crippen molar-refractivity contribution in [2.24, 2.45) is 17.8 Å². The topological polar surface area (TPSA) is 72.3 Å². The summed E-state index contributed by atoms with van der Waals surface area (Å²) in [5.41, 5.74) is 4.67. The number of benzene rings is 2. The minimum atomic E-state index is -0.290. The number of aromatic nitrogens is 1. The van der Waals surface area contributed by atoms with Gasteiger partial charge in [0, 0.05) is 29.7 Å². The molecule has 2 heterocycles. The van der Waals surface area contributed by atoms with E-state index < -0.39 is 0 Å². The summed E-state index contributed by atoms with van der Waals surface area (Å²) in [4.78, 5) is 5.61. The third kappa shape index (κ3) is 4.51. The van der Waals surface area contributed by atoms with Crippen LogP contribution >= 0.6 is 0 Å². The molecule has 0 spiro atoms. The van der Waals surface area contributed by atoms with Crippen molar-refractivity contribution in [1.82, 2.24) is 9.88 Å². The molecule has 1 fully saturated rings. The van der Waals surface area contributed by atoms with Crippen molar-refractivity contribution in [3.8, 4) is 6.19 Å². The van der Waals surface area contributed by atoms with E-state index in [1.807, 2.05) is 23.1 Å². The molecule has 1 aliphatic carbocycles. The van der Waals surface area contributed by atoms with Gasteiger partial charge >= 0.3 is 0 Å². The lowest BCUT2D eigenvalue weighted by molar-refractivity contribution is -0.0411. The van der Waals surface area contributed by atoms with Gasteiger partial charge < -0.3 is 19.7 Å². The van der Waals surface area contributed by atoms with Gasteiger partial charge in [-0.2, -0.15) is 5.26 Å². The fraction of sp³-hybridized carbons (Fsp3) is 0.464. The van der Waals surface area contributed by atoms with Gasteiger partial charge in [-0.3, -0.25) is 0 Å². The summed E-state index contributed by atoms with van der Waals surface area (Å²) in [6.45, 7) is 4.20. The first-order valence-corrected chi connectivity index (χ1v) is 12.2. The molecule has 5 nitrogen and oxygen atoms in total. The first-order valence-electron chi connectivity index (χ1n) is 12.2. The Morgan fingerprint density at radius 1 is 1.12 bits per heavy atom. The highest BCUT2D eigenvalue weighted by atomic mass is 16.5. The molecule has 5 rings (SSSR count). The third-order valence-corrected chi connectivity index (χ3v) is 7.90. The van der Waals surface area contributed by atoms with Gasteiger partial charge in [-0.05, 0) is 60.6 Å². The zero-order chi connectivity index (χ0) is 22.8. The van der Waals surface area contributed by atoms with Crippen LogP contribution in [0.15, 0.2) is 54.6 Å². The van der Waals surface area contributed by atoms with Crippen LogP contribution in [0.5, 0.6) is 0 Å². The maximum atomic E-state index is 10.7. The molecule has 0 amide bonds. The molecule has 3 aromatic rings. The largest absolute Gasteiger partial charge is 0.393 e. The number of rotatable bonds is 3. The summed E-state index contributed by atoms with van der Waals surface area (Å²) in [6.07, 6.45) is 5.49. The van der Waals surface area contributed by atoms with E-state index in [4.69, 9.17) is 4.74 Å². The molecule has 0 bridgehead atoms. The van der Waals surface area contributed by atoms with Crippen LogP contribution in [0, 0.1) is 29.2 Å². The van der Waals surface area contributed by atoms with E-state index in [1.165, 1.54) is 10.9 Å². The Bertz CT molecular complexity index is 1120. The normalized spacial score (nSPS) is 28.0. The highest BCUT2D eigenvalue weighted by molar-refractivity contribution is 5.84. The number of nitriles is 1. The van der Waals surface area contributed by atoms with Gasteiger partial charge in [-0.15, -0.1) is 0 Å². The van der Waals surface area contributed by atoms with Crippen LogP contribution in [-0.2, 0) is 17.8 Å². The number of hydrogen-bond acceptors (Lipinski definition) is 4. The SMILES string of the molecule is C[C@@H]1C2C[C@H](OCc3ccccc3)c3[nH]c4ccccc4c3CCN(C#N)C[C@@H]2CC[C@@H]1O. The molecule has 2 N–H and O–H groups in total. The predicted molar refractivity (Wildman–Crippen MR) is 129 cm³/mol. The monoisotopic (exact) mass is 443 g/mol. The fourth-order valence-electron chi connectivity index (χ4n) is 5.97. The molecule has 5 heteroatoms. The Labute approximate surface area is 196 Å². The summed E-state index contributed by atoms with van der Waals surface area (Å²) in [5, 5.41) is 21.8. The van der Waals surface area contributed by atoms with Crippen molar-refractivity contribution in [2.45, 2.75) is 51.4 Å². The Balaban J connectivity index is 1.55. The fourth-order valence-corrected chi connectivity index (χ4v) is 5.97. The summed E-state index contributed by atoms with van der Waals surface area (Å²) in [6, 6.07) is 18.7. The highest BCUT2D eigenvalue weighted by Crippen LogP contribution is 2.43. The second-order valence-electron chi connectivity index (χ2n) is 9.81. The average molecular weight is 444 g/mol. The van der Waals surface area contributed by atoms with Gasteiger partial charge in [0.15, 0.2) is 6.19 Å². The van der Waals surface area contributed by atoms with Gasteiger partial charge in [0.2, 0.25) is 0 Å². The lowest BCUT2D eigenvalue weighted by atomic mass is 9.68. The summed E-state index contributed by atoms with van der Waals surface area (Å²) in [7, 11) is 0. The van der Waals surface area contributed by atoms with Crippen LogP contribution in [0.2, 0.25) is 0 Å². The number of hydrogen-bond donors (Lipinski definition) is 2. The summed E-state index contributed by atoms with van der Waals surface area (Å²) in [5.74, 6) is 0.860. The van der Waals surface area contributed by atoms with Crippen molar-refractivity contribution >= 4 is 10.9 Å². The molecule has 1 aromatic heterocycles. The number of nitrogens with zero attached hydrogens (tertiary/aromatic N) is 2. The minimum absolute atomic E-state index is 0.0820. The number of aromatic amines is 1. The molecular weight excluding hydrogens is 410 g/mol. The Hall–Kier alpha value is -2.81. The first-order chi connectivity index (χ1) is 16.1. The van der Waals surface area contributed by atoms with Gasteiger partial charge in [0.1, 0.15) is 0 Å². The van der Waals surface area contributed by atoms with Crippen LogP contribution < -0.4 is 0 Å². The van der Waals surface area contributed by atoms with Crippen LogP contribution in [0.25, 0.3) is 10.9 Å². The number of para-hydroxylation sites is 1. The molecule has 0 radical (unpaired) electrons. The molecule has 33 heavy (non-hydrogen) atoms. The smallest absolute Gasteiger partial charge is 0.179 e. The number of H-pyrrole nitrogens is 1. The molecular formula is C28H33N3O2. The van der Waals surface area contributed by atoms with E-state index in [9.17, 15) is 10.4 Å². The van der Waals surface area contributed by atoms with E-state index in [-0.39, 0.29) is 18.1 Å². The second kappa shape index (κ2) is 9.59. The van der Waals surface area contributed by atoms with Gasteiger partial charge in [0.25, 0.3) is 0 Å². The van der Waals surface area contributed by atoms with Crippen LogP contribution in [-0.4, -0.2) is 34.2 Å². The Morgan fingerprint density at radius 2 is 1.91 bits per heavy atom. The molecule has 5 atom stereocenters. The zero-order valence-corrected chi connectivity index (χ0v) is 19.3. The summed E-state index contributed by atoms with van der Waals surface area (Å²) >= 11 is 0. The lowest BCUT2D eigenvalue weighted by Gasteiger charge is -2.42. The highest BCUT2D eigenvalue weighted by Gasteiger charge is 2.39. The summed E-state index contributed by atoms with van der Waals surface area (Å²) < 4.78 is 6.65. The maximum absolute atomic E-state index is 10.7. The van der Waals surface area contributed by atoms with Crippen molar-refractivity contribution in [2.75, 3.05) is 13.1 Å². The molecule has 0 saturated heterocycles. The van der Waals surface area contributed by atoms with Gasteiger partial charge in [0.05, 0.1) is 18.8 Å². The molecule has 1 saturated carbocycles. The quantitative estimate of drug-likeness (QED) is 0.547. The molecule has 1 aliphatic heterocycles. The zero-order valence-electron chi connectivity index (χ0n) is 19.3. The predicted octanol–water partition coefficient (Wildman–Crippen LogP) is 5.18. The van der Waals surface area contributed by atoms with E-state index in [0.717, 1.165) is 49.0 Å². The van der Waals surface area contributed by atoms with E-state index in [2.05, 4.69) is 54.5 Å².